The maximum absolute atomic E-state index is 12.4. The number of nitrogens with zero attached hydrogens (tertiary/aromatic N) is 1. The van der Waals surface area contributed by atoms with E-state index in [1.165, 1.54) is 0 Å². The molecule has 26 heavy (non-hydrogen) atoms. The fraction of sp³-hybridized carbons (Fsp3) is 0.136. The predicted octanol–water partition coefficient (Wildman–Crippen LogP) is 4.42. The maximum Gasteiger partial charge on any atom is 0.254 e. The highest BCUT2D eigenvalue weighted by Gasteiger charge is 2.20. The number of benzene rings is 2. The number of pyridine rings is 1. The van der Waals surface area contributed by atoms with Gasteiger partial charge < -0.3 is 14.0 Å². The largest absolute Gasteiger partial charge is 0.497 e. The van der Waals surface area contributed by atoms with Crippen LogP contribution >= 0.6 is 0 Å². The molecular formula is C22H19NO3. The Labute approximate surface area is 151 Å². The van der Waals surface area contributed by atoms with Gasteiger partial charge in [-0.2, -0.15) is 0 Å². The molecule has 0 fully saturated rings. The summed E-state index contributed by atoms with van der Waals surface area (Å²) in [5.41, 5.74) is 3.67. The number of ether oxygens (including phenoxy) is 2. The van der Waals surface area contributed by atoms with Crippen molar-refractivity contribution in [2.45, 2.75) is 6.42 Å². The summed E-state index contributed by atoms with van der Waals surface area (Å²) in [5, 5.41) is 0. The Hall–Kier alpha value is -3.27. The number of aromatic nitrogens is 1. The highest BCUT2D eigenvalue weighted by molar-refractivity contribution is 5.82. The van der Waals surface area contributed by atoms with Crippen molar-refractivity contribution in [3.63, 3.8) is 0 Å². The van der Waals surface area contributed by atoms with Gasteiger partial charge in [0.2, 0.25) is 0 Å². The molecule has 0 spiro atoms. The minimum Gasteiger partial charge on any atom is -0.497 e. The SMILES string of the molecule is COc1ccc(Oc2ccccc2)c(-c2cn(C)c(=O)c3c2C=CC3)c1. The normalized spacial score (nSPS) is 12.1. The lowest BCUT2D eigenvalue weighted by Gasteiger charge is -2.16. The van der Waals surface area contributed by atoms with Crippen LogP contribution in [0.2, 0.25) is 0 Å². The second-order valence-corrected chi connectivity index (χ2v) is 6.23. The molecule has 0 saturated carbocycles. The van der Waals surface area contributed by atoms with Crippen LogP contribution < -0.4 is 15.0 Å². The topological polar surface area (TPSA) is 40.5 Å². The van der Waals surface area contributed by atoms with Gasteiger partial charge in [-0.15, -0.1) is 0 Å². The number of hydrogen-bond donors (Lipinski definition) is 0. The highest BCUT2D eigenvalue weighted by Crippen LogP contribution is 2.39. The zero-order valence-electron chi connectivity index (χ0n) is 14.7. The lowest BCUT2D eigenvalue weighted by molar-refractivity contribution is 0.413. The Morgan fingerprint density at radius 3 is 2.58 bits per heavy atom. The number of hydrogen-bond acceptors (Lipinski definition) is 3. The first-order chi connectivity index (χ1) is 12.7. The minimum atomic E-state index is 0.0437. The van der Waals surface area contributed by atoms with Gasteiger partial charge in [-0.05, 0) is 42.3 Å². The molecule has 4 heteroatoms. The van der Waals surface area contributed by atoms with Crippen LogP contribution in [0.1, 0.15) is 11.1 Å². The highest BCUT2D eigenvalue weighted by atomic mass is 16.5. The summed E-state index contributed by atoms with van der Waals surface area (Å²) in [5.74, 6) is 2.22. The molecule has 0 atom stereocenters. The van der Waals surface area contributed by atoms with Crippen LogP contribution in [-0.4, -0.2) is 11.7 Å². The summed E-state index contributed by atoms with van der Waals surface area (Å²) in [6, 6.07) is 15.4. The zero-order valence-corrected chi connectivity index (χ0v) is 14.7. The predicted molar refractivity (Wildman–Crippen MR) is 103 cm³/mol. The molecule has 0 aliphatic heterocycles. The van der Waals surface area contributed by atoms with Crippen LogP contribution in [0.4, 0.5) is 0 Å². The Balaban J connectivity index is 1.91. The van der Waals surface area contributed by atoms with Crippen LogP contribution in [0.3, 0.4) is 0 Å². The molecular weight excluding hydrogens is 326 g/mol. The fourth-order valence-corrected chi connectivity index (χ4v) is 3.26. The third-order valence-electron chi connectivity index (χ3n) is 4.57. The second kappa shape index (κ2) is 6.56. The second-order valence-electron chi connectivity index (χ2n) is 6.23. The molecule has 1 heterocycles. The van der Waals surface area contributed by atoms with Crippen molar-refractivity contribution in [2.75, 3.05) is 7.11 Å². The van der Waals surface area contributed by atoms with Crippen molar-refractivity contribution in [2.24, 2.45) is 7.05 Å². The number of allylic oxidation sites excluding steroid dienone is 1. The molecule has 0 saturated heterocycles. The smallest absolute Gasteiger partial charge is 0.254 e. The van der Waals surface area contributed by atoms with Crippen LogP contribution in [0, 0.1) is 0 Å². The fourth-order valence-electron chi connectivity index (χ4n) is 3.26. The van der Waals surface area contributed by atoms with E-state index in [1.54, 1.807) is 18.7 Å². The lowest BCUT2D eigenvalue weighted by atomic mass is 9.98. The minimum absolute atomic E-state index is 0.0437. The van der Waals surface area contributed by atoms with Crippen LogP contribution in [0.5, 0.6) is 17.2 Å². The maximum atomic E-state index is 12.4. The number of aryl methyl sites for hydroxylation is 1. The number of rotatable bonds is 4. The molecule has 130 valence electrons. The summed E-state index contributed by atoms with van der Waals surface area (Å²) in [4.78, 5) is 12.4. The molecule has 0 bridgehead atoms. The van der Waals surface area contributed by atoms with E-state index in [-0.39, 0.29) is 5.56 Å². The summed E-state index contributed by atoms with van der Waals surface area (Å²) in [7, 11) is 3.42. The lowest BCUT2D eigenvalue weighted by Crippen LogP contribution is -2.21. The Kier molecular flexibility index (Phi) is 4.09. The van der Waals surface area contributed by atoms with Crippen molar-refractivity contribution < 1.29 is 9.47 Å². The molecule has 2 aromatic carbocycles. The van der Waals surface area contributed by atoms with Crippen molar-refractivity contribution in [3.05, 3.63) is 82.3 Å². The van der Waals surface area contributed by atoms with Gasteiger partial charge >= 0.3 is 0 Å². The third kappa shape index (κ3) is 2.80. The average molecular weight is 345 g/mol. The molecule has 3 aromatic rings. The molecule has 1 aromatic heterocycles. The van der Waals surface area contributed by atoms with E-state index in [2.05, 4.69) is 0 Å². The van der Waals surface area contributed by atoms with Gasteiger partial charge in [-0.3, -0.25) is 4.79 Å². The molecule has 1 aliphatic carbocycles. The monoisotopic (exact) mass is 345 g/mol. The number of methoxy groups -OCH3 is 1. The first kappa shape index (κ1) is 16.2. The van der Waals surface area contributed by atoms with E-state index in [0.29, 0.717) is 6.42 Å². The molecule has 1 aliphatic rings. The van der Waals surface area contributed by atoms with Crippen molar-refractivity contribution in [1.82, 2.24) is 4.57 Å². The summed E-state index contributed by atoms with van der Waals surface area (Å²) >= 11 is 0. The van der Waals surface area contributed by atoms with E-state index in [0.717, 1.165) is 39.5 Å². The van der Waals surface area contributed by atoms with Crippen LogP contribution in [-0.2, 0) is 13.5 Å². The van der Waals surface area contributed by atoms with Crippen LogP contribution in [0.25, 0.3) is 17.2 Å². The molecule has 0 N–H and O–H groups in total. The first-order valence-electron chi connectivity index (χ1n) is 8.47. The quantitative estimate of drug-likeness (QED) is 0.703. The Morgan fingerprint density at radius 2 is 1.81 bits per heavy atom. The Bertz CT molecular complexity index is 1050. The van der Waals surface area contributed by atoms with E-state index in [9.17, 15) is 4.79 Å². The summed E-state index contributed by atoms with van der Waals surface area (Å²) in [6.07, 6.45) is 6.56. The van der Waals surface area contributed by atoms with E-state index in [4.69, 9.17) is 9.47 Å². The van der Waals surface area contributed by atoms with Gasteiger partial charge in [0.25, 0.3) is 5.56 Å². The van der Waals surface area contributed by atoms with Gasteiger partial charge in [0, 0.05) is 29.9 Å². The van der Waals surface area contributed by atoms with E-state index in [1.807, 2.05) is 66.9 Å². The first-order valence-corrected chi connectivity index (χ1v) is 8.47. The standard InChI is InChI=1S/C22H19NO3/c1-23-14-20(17-9-6-10-18(17)22(23)24)19-13-16(25-2)11-12-21(19)26-15-7-4-3-5-8-15/h3-9,11-14H,10H2,1-2H3. The molecule has 0 radical (unpaired) electrons. The number of para-hydroxylation sites is 1. The van der Waals surface area contributed by atoms with Crippen molar-refractivity contribution in [3.8, 4) is 28.4 Å². The third-order valence-corrected chi connectivity index (χ3v) is 4.57. The van der Waals surface area contributed by atoms with Crippen molar-refractivity contribution in [1.29, 1.82) is 0 Å². The molecule has 0 amide bonds. The van der Waals surface area contributed by atoms with Crippen molar-refractivity contribution >= 4 is 6.08 Å². The molecule has 4 rings (SSSR count). The molecule has 4 nitrogen and oxygen atoms in total. The van der Waals surface area contributed by atoms with Gasteiger partial charge in [-0.1, -0.05) is 30.4 Å². The van der Waals surface area contributed by atoms with Gasteiger partial charge in [0.15, 0.2) is 0 Å². The van der Waals surface area contributed by atoms with E-state index < -0.39 is 0 Å². The zero-order chi connectivity index (χ0) is 18.1. The van der Waals surface area contributed by atoms with Gasteiger partial charge in [-0.25, -0.2) is 0 Å². The van der Waals surface area contributed by atoms with Gasteiger partial charge in [0.05, 0.1) is 7.11 Å². The summed E-state index contributed by atoms with van der Waals surface area (Å²) in [6.45, 7) is 0. The van der Waals surface area contributed by atoms with E-state index >= 15 is 0 Å². The average Bonchev–Trinajstić information content (AvgIpc) is 3.16. The van der Waals surface area contributed by atoms with Crippen LogP contribution in [0.15, 0.2) is 65.6 Å². The molecule has 0 unspecified atom stereocenters. The van der Waals surface area contributed by atoms with Gasteiger partial charge in [0.1, 0.15) is 17.2 Å². The Morgan fingerprint density at radius 1 is 1.00 bits per heavy atom. The number of fused-ring (bicyclic) bond motifs is 1. The summed E-state index contributed by atoms with van der Waals surface area (Å²) < 4.78 is 13.2.